The van der Waals surface area contributed by atoms with E-state index in [0.717, 1.165) is 5.56 Å². The molecule has 1 aromatic carbocycles. The first-order valence-corrected chi connectivity index (χ1v) is 5.98. The predicted molar refractivity (Wildman–Crippen MR) is 74.6 cm³/mol. The second-order valence-electron chi connectivity index (χ2n) is 4.21. The van der Waals surface area contributed by atoms with Crippen LogP contribution in [0.1, 0.15) is 16.1 Å². The molecule has 0 spiro atoms. The summed E-state index contributed by atoms with van der Waals surface area (Å²) in [6, 6.07) is 8.57. The van der Waals surface area contributed by atoms with E-state index < -0.39 is 10.8 Å². The third-order valence-electron chi connectivity index (χ3n) is 2.69. The molecule has 7 heteroatoms. The van der Waals surface area contributed by atoms with Gasteiger partial charge in [0.05, 0.1) is 11.1 Å². The normalized spacial score (nSPS) is 10.2. The number of carbonyl (C=O) groups excluding carboxylic acids is 1. The van der Waals surface area contributed by atoms with E-state index in [1.54, 1.807) is 6.07 Å². The third kappa shape index (κ3) is 3.21. The van der Waals surface area contributed by atoms with Crippen LogP contribution < -0.4 is 10.6 Å². The molecule has 2 rings (SSSR count). The average Bonchev–Trinajstić information content (AvgIpc) is 2.89. The minimum atomic E-state index is -0.555. The van der Waals surface area contributed by atoms with Crippen molar-refractivity contribution in [3.8, 4) is 0 Å². The maximum absolute atomic E-state index is 11.9. The highest BCUT2D eigenvalue weighted by Gasteiger charge is 2.14. The lowest BCUT2D eigenvalue weighted by molar-refractivity contribution is -0.384. The fourth-order valence-electron chi connectivity index (χ4n) is 1.78. The van der Waals surface area contributed by atoms with Gasteiger partial charge in [0.15, 0.2) is 0 Å². The number of H-pyrrole nitrogens is 1. The number of aromatic amines is 1. The lowest BCUT2D eigenvalue weighted by Crippen LogP contribution is -2.13. The monoisotopic (exact) mass is 274 g/mol. The molecule has 0 saturated heterocycles. The van der Waals surface area contributed by atoms with Crippen molar-refractivity contribution in [3.05, 3.63) is 57.9 Å². The van der Waals surface area contributed by atoms with Crippen LogP contribution in [0.5, 0.6) is 0 Å². The zero-order chi connectivity index (χ0) is 14.5. The Labute approximate surface area is 115 Å². The lowest BCUT2D eigenvalue weighted by atomic mass is 10.2. The molecule has 1 amide bonds. The molecule has 1 heterocycles. The SMILES string of the molecule is CNCc1cccc(NC(=O)c2cc([N+](=O)[O-])c[nH]2)c1. The van der Waals surface area contributed by atoms with Crippen LogP contribution in [-0.2, 0) is 6.54 Å². The Bertz CT molecular complexity index is 636. The number of nitrogens with one attached hydrogen (secondary N) is 3. The van der Waals surface area contributed by atoms with Crippen LogP contribution in [0.2, 0.25) is 0 Å². The van der Waals surface area contributed by atoms with Crippen molar-refractivity contribution in [1.82, 2.24) is 10.3 Å². The Morgan fingerprint density at radius 1 is 1.40 bits per heavy atom. The highest BCUT2D eigenvalue weighted by Crippen LogP contribution is 2.15. The van der Waals surface area contributed by atoms with E-state index in [0.29, 0.717) is 12.2 Å². The van der Waals surface area contributed by atoms with Gasteiger partial charge < -0.3 is 15.6 Å². The molecule has 0 aliphatic rings. The molecule has 20 heavy (non-hydrogen) atoms. The number of anilines is 1. The molecule has 1 aromatic heterocycles. The summed E-state index contributed by atoms with van der Waals surface area (Å²) in [5.74, 6) is -0.417. The number of amides is 1. The number of hydrogen-bond donors (Lipinski definition) is 3. The van der Waals surface area contributed by atoms with E-state index >= 15 is 0 Å². The van der Waals surface area contributed by atoms with Gasteiger partial charge in [0.25, 0.3) is 11.6 Å². The van der Waals surface area contributed by atoms with Gasteiger partial charge >= 0.3 is 0 Å². The van der Waals surface area contributed by atoms with Gasteiger partial charge in [-0.15, -0.1) is 0 Å². The van der Waals surface area contributed by atoms with Crippen molar-refractivity contribution in [2.75, 3.05) is 12.4 Å². The molecular formula is C13H14N4O3. The Morgan fingerprint density at radius 3 is 2.85 bits per heavy atom. The van der Waals surface area contributed by atoms with Crippen LogP contribution in [0.4, 0.5) is 11.4 Å². The summed E-state index contributed by atoms with van der Waals surface area (Å²) < 4.78 is 0. The number of aromatic nitrogens is 1. The highest BCUT2D eigenvalue weighted by molar-refractivity contribution is 6.03. The summed E-state index contributed by atoms with van der Waals surface area (Å²) in [6.45, 7) is 0.692. The molecule has 0 unspecified atom stereocenters. The smallest absolute Gasteiger partial charge is 0.287 e. The van der Waals surface area contributed by atoms with Gasteiger partial charge in [-0.05, 0) is 24.7 Å². The Morgan fingerprint density at radius 2 is 2.20 bits per heavy atom. The van der Waals surface area contributed by atoms with Crippen molar-refractivity contribution < 1.29 is 9.72 Å². The van der Waals surface area contributed by atoms with E-state index in [9.17, 15) is 14.9 Å². The molecule has 0 bridgehead atoms. The van der Waals surface area contributed by atoms with Crippen molar-refractivity contribution in [2.45, 2.75) is 6.54 Å². The summed E-state index contributed by atoms with van der Waals surface area (Å²) in [6.07, 6.45) is 1.19. The van der Waals surface area contributed by atoms with Crippen LogP contribution in [0, 0.1) is 10.1 Å². The predicted octanol–water partition coefficient (Wildman–Crippen LogP) is 1.89. The Kier molecular flexibility index (Phi) is 4.11. The van der Waals surface area contributed by atoms with Gasteiger partial charge in [-0.3, -0.25) is 14.9 Å². The third-order valence-corrected chi connectivity index (χ3v) is 2.69. The molecule has 104 valence electrons. The number of carbonyl (C=O) groups is 1. The van der Waals surface area contributed by atoms with Crippen LogP contribution in [0.3, 0.4) is 0 Å². The molecule has 0 atom stereocenters. The molecule has 0 aliphatic carbocycles. The topological polar surface area (TPSA) is 100 Å². The van der Waals surface area contributed by atoms with Gasteiger partial charge in [0.1, 0.15) is 5.69 Å². The van der Waals surface area contributed by atoms with Gasteiger partial charge in [-0.1, -0.05) is 12.1 Å². The zero-order valence-corrected chi connectivity index (χ0v) is 10.8. The second kappa shape index (κ2) is 5.98. The minimum absolute atomic E-state index is 0.140. The van der Waals surface area contributed by atoms with Crippen LogP contribution in [0.25, 0.3) is 0 Å². The molecule has 0 saturated carbocycles. The molecule has 0 radical (unpaired) electrons. The number of nitro groups is 1. The summed E-state index contributed by atoms with van der Waals surface area (Å²) in [4.78, 5) is 24.5. The Balaban J connectivity index is 2.10. The van der Waals surface area contributed by atoms with Crippen molar-refractivity contribution in [3.63, 3.8) is 0 Å². The number of hydrogen-bond acceptors (Lipinski definition) is 4. The summed E-state index contributed by atoms with van der Waals surface area (Å²) in [5.41, 5.74) is 1.68. The Hall–Kier alpha value is -2.67. The van der Waals surface area contributed by atoms with Gasteiger partial charge in [-0.25, -0.2) is 0 Å². The number of benzene rings is 1. The van der Waals surface area contributed by atoms with E-state index in [2.05, 4.69) is 15.6 Å². The standard InChI is InChI=1S/C13H14N4O3/c1-14-7-9-3-2-4-10(5-9)16-13(18)12-6-11(8-15-12)17(19)20/h2-6,8,14-15H,7H2,1H3,(H,16,18). The zero-order valence-electron chi connectivity index (χ0n) is 10.8. The van der Waals surface area contributed by atoms with E-state index in [1.807, 2.05) is 25.2 Å². The van der Waals surface area contributed by atoms with Crippen LogP contribution >= 0.6 is 0 Å². The van der Waals surface area contributed by atoms with E-state index in [4.69, 9.17) is 0 Å². The molecule has 7 nitrogen and oxygen atoms in total. The molecule has 0 fully saturated rings. The molecule has 0 aliphatic heterocycles. The summed E-state index contributed by atoms with van der Waals surface area (Å²) in [7, 11) is 1.84. The number of nitrogens with zero attached hydrogens (tertiary/aromatic N) is 1. The van der Waals surface area contributed by atoms with Crippen molar-refractivity contribution in [1.29, 1.82) is 0 Å². The lowest BCUT2D eigenvalue weighted by Gasteiger charge is -2.06. The van der Waals surface area contributed by atoms with Crippen LogP contribution in [-0.4, -0.2) is 22.9 Å². The second-order valence-corrected chi connectivity index (χ2v) is 4.21. The molecular weight excluding hydrogens is 260 g/mol. The largest absolute Gasteiger partial charge is 0.351 e. The minimum Gasteiger partial charge on any atom is -0.351 e. The first-order chi connectivity index (χ1) is 9.60. The summed E-state index contributed by atoms with van der Waals surface area (Å²) >= 11 is 0. The fourth-order valence-corrected chi connectivity index (χ4v) is 1.78. The van der Waals surface area contributed by atoms with Gasteiger partial charge in [0, 0.05) is 18.3 Å². The van der Waals surface area contributed by atoms with Gasteiger partial charge in [-0.2, -0.15) is 0 Å². The maximum atomic E-state index is 11.9. The highest BCUT2D eigenvalue weighted by atomic mass is 16.6. The fraction of sp³-hybridized carbons (Fsp3) is 0.154. The van der Waals surface area contributed by atoms with Crippen molar-refractivity contribution in [2.24, 2.45) is 0 Å². The van der Waals surface area contributed by atoms with Crippen LogP contribution in [0.15, 0.2) is 36.5 Å². The first kappa shape index (κ1) is 13.8. The summed E-state index contributed by atoms with van der Waals surface area (Å²) in [5, 5.41) is 16.3. The average molecular weight is 274 g/mol. The quantitative estimate of drug-likeness (QED) is 0.572. The van der Waals surface area contributed by atoms with Gasteiger partial charge in [0.2, 0.25) is 0 Å². The molecule has 2 aromatic rings. The maximum Gasteiger partial charge on any atom is 0.287 e. The van der Waals surface area contributed by atoms with E-state index in [1.165, 1.54) is 12.3 Å². The van der Waals surface area contributed by atoms with Crippen molar-refractivity contribution >= 4 is 17.3 Å². The number of rotatable bonds is 5. The molecule has 3 N–H and O–H groups in total. The van der Waals surface area contributed by atoms with E-state index in [-0.39, 0.29) is 11.4 Å². The first-order valence-electron chi connectivity index (χ1n) is 5.98.